The summed E-state index contributed by atoms with van der Waals surface area (Å²) in [6.07, 6.45) is 3.07. The molecule has 2 aliphatic rings. The first-order valence-corrected chi connectivity index (χ1v) is 6.39. The van der Waals surface area contributed by atoms with Gasteiger partial charge in [-0.2, -0.15) is 0 Å². The monoisotopic (exact) mass is 239 g/mol. The van der Waals surface area contributed by atoms with E-state index in [1.54, 1.807) is 0 Å². The molecule has 0 aromatic rings. The molecule has 0 bridgehead atoms. The predicted octanol–water partition coefficient (Wildman–Crippen LogP) is 2.27. The molecule has 0 aromatic heterocycles. The van der Waals surface area contributed by atoms with Crippen molar-refractivity contribution in [2.45, 2.75) is 58.1 Å². The molecule has 0 saturated heterocycles. The Morgan fingerprint density at radius 2 is 2.00 bits per heavy atom. The summed E-state index contributed by atoms with van der Waals surface area (Å²) in [7, 11) is 0. The molecule has 3 atom stereocenters. The largest absolute Gasteiger partial charge is 0.444 e. The van der Waals surface area contributed by atoms with Gasteiger partial charge in [0.1, 0.15) is 11.4 Å². The fourth-order valence-corrected chi connectivity index (χ4v) is 3.00. The highest BCUT2D eigenvalue weighted by atomic mass is 16.6. The second kappa shape index (κ2) is 4.31. The van der Waals surface area contributed by atoms with E-state index >= 15 is 0 Å². The van der Waals surface area contributed by atoms with E-state index in [9.17, 15) is 9.59 Å². The highest BCUT2D eigenvalue weighted by Gasteiger charge is 2.44. The molecule has 0 spiro atoms. The fraction of sp³-hybridized carbons (Fsp3) is 0.846. The topological polar surface area (TPSA) is 55.4 Å². The van der Waals surface area contributed by atoms with Crippen LogP contribution in [0.15, 0.2) is 0 Å². The molecule has 0 aliphatic heterocycles. The third kappa shape index (κ3) is 2.79. The Morgan fingerprint density at radius 3 is 2.65 bits per heavy atom. The van der Waals surface area contributed by atoms with Gasteiger partial charge in [0.2, 0.25) is 0 Å². The lowest BCUT2D eigenvalue weighted by Gasteiger charge is -2.24. The number of carbonyl (C=O) groups is 2. The van der Waals surface area contributed by atoms with Gasteiger partial charge in [0.15, 0.2) is 0 Å². The lowest BCUT2D eigenvalue weighted by Crippen LogP contribution is -2.41. The number of amides is 1. The van der Waals surface area contributed by atoms with Gasteiger partial charge in [-0.1, -0.05) is 0 Å². The van der Waals surface area contributed by atoms with Crippen molar-refractivity contribution in [2.24, 2.45) is 11.8 Å². The van der Waals surface area contributed by atoms with Gasteiger partial charge >= 0.3 is 6.09 Å². The van der Waals surface area contributed by atoms with Crippen molar-refractivity contribution >= 4 is 11.9 Å². The standard InChI is InChI=1S/C13H21NO3/c1-13(2,3)17-12(16)14-10-6-4-9-8(10)5-7-11(9)15/h8-10H,4-7H2,1-3H3,(H,14,16). The molecule has 2 aliphatic carbocycles. The summed E-state index contributed by atoms with van der Waals surface area (Å²) in [5, 5.41) is 2.91. The zero-order valence-corrected chi connectivity index (χ0v) is 10.8. The van der Waals surface area contributed by atoms with E-state index < -0.39 is 5.60 Å². The van der Waals surface area contributed by atoms with Crippen LogP contribution in [0.25, 0.3) is 0 Å². The van der Waals surface area contributed by atoms with Crippen molar-refractivity contribution in [3.05, 3.63) is 0 Å². The smallest absolute Gasteiger partial charge is 0.407 e. The van der Waals surface area contributed by atoms with Crippen LogP contribution in [0.2, 0.25) is 0 Å². The average Bonchev–Trinajstić information content (AvgIpc) is 2.69. The molecule has 0 heterocycles. The van der Waals surface area contributed by atoms with Crippen molar-refractivity contribution in [2.75, 3.05) is 0 Å². The van der Waals surface area contributed by atoms with Crippen LogP contribution < -0.4 is 5.32 Å². The number of ketones is 1. The van der Waals surface area contributed by atoms with E-state index in [0.717, 1.165) is 19.3 Å². The molecule has 4 heteroatoms. The van der Waals surface area contributed by atoms with E-state index in [-0.39, 0.29) is 18.1 Å². The quantitative estimate of drug-likeness (QED) is 0.763. The first-order chi connectivity index (χ1) is 7.87. The van der Waals surface area contributed by atoms with Gasteiger partial charge in [-0.05, 0) is 46.0 Å². The first-order valence-electron chi connectivity index (χ1n) is 6.39. The number of carbonyl (C=O) groups excluding carboxylic acids is 2. The lowest BCUT2D eigenvalue weighted by atomic mass is 9.97. The number of hydrogen-bond acceptors (Lipinski definition) is 3. The molecule has 1 N–H and O–H groups in total. The Hall–Kier alpha value is -1.06. The van der Waals surface area contributed by atoms with Gasteiger partial charge in [0.05, 0.1) is 0 Å². The summed E-state index contributed by atoms with van der Waals surface area (Å²) in [6.45, 7) is 5.55. The lowest BCUT2D eigenvalue weighted by molar-refractivity contribution is -0.120. The number of fused-ring (bicyclic) bond motifs is 1. The summed E-state index contributed by atoms with van der Waals surface area (Å²) >= 11 is 0. The van der Waals surface area contributed by atoms with Crippen LogP contribution in [0.1, 0.15) is 46.5 Å². The summed E-state index contributed by atoms with van der Waals surface area (Å²) < 4.78 is 5.24. The van der Waals surface area contributed by atoms with E-state index in [1.165, 1.54) is 0 Å². The maximum absolute atomic E-state index is 11.7. The van der Waals surface area contributed by atoms with Gasteiger partial charge in [-0.3, -0.25) is 4.79 Å². The number of alkyl carbamates (subject to hydrolysis) is 1. The zero-order chi connectivity index (χ0) is 12.6. The second-order valence-electron chi connectivity index (χ2n) is 6.11. The summed E-state index contributed by atoms with van der Waals surface area (Å²) in [5.74, 6) is 0.911. The molecule has 17 heavy (non-hydrogen) atoms. The molecule has 1 amide bonds. The number of rotatable bonds is 1. The van der Waals surface area contributed by atoms with Crippen LogP contribution in [0.3, 0.4) is 0 Å². The summed E-state index contributed by atoms with van der Waals surface area (Å²) in [6, 6.07) is 0.126. The van der Waals surface area contributed by atoms with Crippen LogP contribution in [-0.4, -0.2) is 23.5 Å². The summed E-state index contributed by atoms with van der Waals surface area (Å²) in [4.78, 5) is 23.2. The zero-order valence-electron chi connectivity index (χ0n) is 10.8. The molecular weight excluding hydrogens is 218 g/mol. The van der Waals surface area contributed by atoms with Crippen molar-refractivity contribution in [3.8, 4) is 0 Å². The Morgan fingerprint density at radius 1 is 1.29 bits per heavy atom. The highest BCUT2D eigenvalue weighted by Crippen LogP contribution is 2.41. The maximum atomic E-state index is 11.7. The average molecular weight is 239 g/mol. The number of hydrogen-bond donors (Lipinski definition) is 1. The maximum Gasteiger partial charge on any atom is 0.407 e. The Bertz CT molecular complexity index is 332. The van der Waals surface area contributed by atoms with Gasteiger partial charge in [0, 0.05) is 18.4 Å². The molecular formula is C13H21NO3. The predicted molar refractivity (Wildman–Crippen MR) is 63.6 cm³/mol. The van der Waals surface area contributed by atoms with E-state index in [0.29, 0.717) is 18.1 Å². The normalized spacial score (nSPS) is 32.4. The minimum atomic E-state index is -0.465. The third-order valence-electron chi connectivity index (χ3n) is 3.66. The molecule has 3 unspecified atom stereocenters. The van der Waals surface area contributed by atoms with E-state index in [4.69, 9.17) is 4.74 Å². The van der Waals surface area contributed by atoms with Crippen molar-refractivity contribution < 1.29 is 14.3 Å². The van der Waals surface area contributed by atoms with Crippen LogP contribution in [-0.2, 0) is 9.53 Å². The SMILES string of the molecule is CC(C)(C)OC(=O)NC1CCC2C(=O)CCC12. The molecule has 0 radical (unpaired) electrons. The molecule has 4 nitrogen and oxygen atoms in total. The van der Waals surface area contributed by atoms with Gasteiger partial charge in [-0.25, -0.2) is 4.79 Å². The van der Waals surface area contributed by atoms with Gasteiger partial charge in [-0.15, -0.1) is 0 Å². The molecule has 2 fully saturated rings. The Balaban J connectivity index is 1.88. The molecule has 2 saturated carbocycles. The highest BCUT2D eigenvalue weighted by molar-refractivity contribution is 5.84. The van der Waals surface area contributed by atoms with Crippen LogP contribution >= 0.6 is 0 Å². The van der Waals surface area contributed by atoms with Crippen molar-refractivity contribution in [3.63, 3.8) is 0 Å². The van der Waals surface area contributed by atoms with Gasteiger partial charge in [0.25, 0.3) is 0 Å². The first kappa shape index (κ1) is 12.4. The number of Topliss-reactive ketones (excluding diaryl/α,β-unsaturated/α-hetero) is 1. The van der Waals surface area contributed by atoms with Crippen molar-refractivity contribution in [1.82, 2.24) is 5.32 Å². The second-order valence-corrected chi connectivity index (χ2v) is 6.11. The summed E-state index contributed by atoms with van der Waals surface area (Å²) in [5.41, 5.74) is -0.465. The van der Waals surface area contributed by atoms with E-state index in [1.807, 2.05) is 20.8 Å². The molecule has 0 aromatic carbocycles. The van der Waals surface area contributed by atoms with E-state index in [2.05, 4.69) is 5.32 Å². The number of ether oxygens (including phenoxy) is 1. The van der Waals surface area contributed by atoms with Crippen molar-refractivity contribution in [1.29, 1.82) is 0 Å². The van der Waals surface area contributed by atoms with Crippen LogP contribution in [0.4, 0.5) is 4.79 Å². The third-order valence-corrected chi connectivity index (χ3v) is 3.66. The minimum absolute atomic E-state index is 0.126. The molecule has 2 rings (SSSR count). The number of nitrogens with one attached hydrogen (secondary N) is 1. The Labute approximate surface area is 102 Å². The van der Waals surface area contributed by atoms with Crippen LogP contribution in [0.5, 0.6) is 0 Å². The van der Waals surface area contributed by atoms with Gasteiger partial charge < -0.3 is 10.1 Å². The molecule has 96 valence electrons. The Kier molecular flexibility index (Phi) is 3.15. The minimum Gasteiger partial charge on any atom is -0.444 e. The van der Waals surface area contributed by atoms with Crippen LogP contribution in [0, 0.1) is 11.8 Å². The fourth-order valence-electron chi connectivity index (χ4n) is 3.00.